The maximum absolute atomic E-state index is 6.10. The molecule has 0 atom stereocenters. The smallest absolute Gasteiger partial charge is 0.0464 e. The van der Waals surface area contributed by atoms with E-state index in [1.54, 1.807) is 0 Å². The van der Waals surface area contributed by atoms with Crippen molar-refractivity contribution in [2.24, 2.45) is 0 Å². The monoisotopic (exact) mass is 209 g/mol. The summed E-state index contributed by atoms with van der Waals surface area (Å²) in [5.74, 6) is 0. The van der Waals surface area contributed by atoms with Gasteiger partial charge in [-0.3, -0.25) is 0 Å². The quantitative estimate of drug-likeness (QED) is 0.806. The first kappa shape index (κ1) is 10.0. The number of benzene rings is 1. The van der Waals surface area contributed by atoms with Gasteiger partial charge in [0.05, 0.1) is 0 Å². The summed E-state index contributed by atoms with van der Waals surface area (Å²) in [6, 6.07) is 5.11. The molecule has 0 spiro atoms. The molecule has 0 radical (unpaired) electrons. The molecule has 1 nitrogen and oxygen atoms in total. The molecule has 1 aromatic carbocycles. The minimum absolute atomic E-state index is 0.770. The molecule has 1 aliphatic rings. The number of rotatable bonds is 3. The van der Waals surface area contributed by atoms with Crippen LogP contribution in [0.25, 0.3) is 0 Å². The molecule has 1 saturated carbocycles. The Bertz CT molecular complexity index is 319. The summed E-state index contributed by atoms with van der Waals surface area (Å²) in [7, 11) is 0. The van der Waals surface area contributed by atoms with E-state index < -0.39 is 0 Å². The minimum atomic E-state index is 0.770. The molecule has 1 aliphatic carbocycles. The lowest BCUT2D eigenvalue weighted by atomic mass is 10.1. The summed E-state index contributed by atoms with van der Waals surface area (Å²) in [4.78, 5) is 0. The molecule has 0 saturated heterocycles. The van der Waals surface area contributed by atoms with Gasteiger partial charge in [0.15, 0.2) is 0 Å². The van der Waals surface area contributed by atoms with Crippen molar-refractivity contribution in [3.05, 3.63) is 33.8 Å². The van der Waals surface area contributed by atoms with Crippen molar-refractivity contribution in [1.29, 1.82) is 0 Å². The second kappa shape index (κ2) is 3.92. The first-order valence-electron chi connectivity index (χ1n) is 5.16. The van der Waals surface area contributed by atoms with Crippen LogP contribution in [-0.2, 0) is 6.54 Å². The Labute approximate surface area is 90.5 Å². The highest BCUT2D eigenvalue weighted by Crippen LogP contribution is 2.23. The highest BCUT2D eigenvalue weighted by Gasteiger charge is 2.19. The molecule has 0 amide bonds. The highest BCUT2D eigenvalue weighted by molar-refractivity contribution is 6.32. The lowest BCUT2D eigenvalue weighted by molar-refractivity contribution is 0.687. The van der Waals surface area contributed by atoms with Crippen LogP contribution in [0.2, 0.25) is 5.02 Å². The van der Waals surface area contributed by atoms with Gasteiger partial charge in [0, 0.05) is 17.6 Å². The first-order valence-corrected chi connectivity index (χ1v) is 5.53. The molecule has 1 fully saturated rings. The van der Waals surface area contributed by atoms with Crippen molar-refractivity contribution in [2.45, 2.75) is 39.3 Å². The summed E-state index contributed by atoms with van der Waals surface area (Å²) in [6.45, 7) is 5.11. The standard InChI is InChI=1S/C12H16ClN/c1-8-5-10(6-9(2)12(8)13)7-14-11-3-4-11/h5-6,11,14H,3-4,7H2,1-2H3. The number of nitrogens with one attached hydrogen (secondary N) is 1. The van der Waals surface area contributed by atoms with Crippen molar-refractivity contribution < 1.29 is 0 Å². The van der Waals surface area contributed by atoms with Crippen LogP contribution in [0, 0.1) is 13.8 Å². The fourth-order valence-electron chi connectivity index (χ4n) is 1.69. The van der Waals surface area contributed by atoms with Crippen molar-refractivity contribution >= 4 is 11.6 Å². The lowest BCUT2D eigenvalue weighted by Crippen LogP contribution is -2.15. The third-order valence-corrected chi connectivity index (χ3v) is 3.26. The molecule has 1 N–H and O–H groups in total. The second-order valence-electron chi connectivity index (χ2n) is 4.20. The van der Waals surface area contributed by atoms with E-state index >= 15 is 0 Å². The van der Waals surface area contributed by atoms with Gasteiger partial charge >= 0.3 is 0 Å². The van der Waals surface area contributed by atoms with Gasteiger partial charge in [0.25, 0.3) is 0 Å². The highest BCUT2D eigenvalue weighted by atomic mass is 35.5. The van der Waals surface area contributed by atoms with Crippen molar-refractivity contribution in [3.8, 4) is 0 Å². The van der Waals surface area contributed by atoms with E-state index in [1.165, 1.54) is 29.5 Å². The zero-order valence-corrected chi connectivity index (χ0v) is 9.49. The number of hydrogen-bond acceptors (Lipinski definition) is 1. The molecule has 0 aliphatic heterocycles. The van der Waals surface area contributed by atoms with E-state index in [2.05, 4.69) is 31.3 Å². The predicted octanol–water partition coefficient (Wildman–Crippen LogP) is 3.21. The van der Waals surface area contributed by atoms with Crippen LogP contribution >= 0.6 is 11.6 Å². The predicted molar refractivity (Wildman–Crippen MR) is 60.8 cm³/mol. The first-order chi connectivity index (χ1) is 6.66. The molecule has 2 rings (SSSR count). The normalized spacial score (nSPS) is 15.9. The third-order valence-electron chi connectivity index (χ3n) is 2.67. The van der Waals surface area contributed by atoms with Crippen LogP contribution in [0.1, 0.15) is 29.5 Å². The van der Waals surface area contributed by atoms with Crippen LogP contribution in [0.5, 0.6) is 0 Å². The summed E-state index contributed by atoms with van der Waals surface area (Å²) in [5.41, 5.74) is 3.70. The molecular formula is C12H16ClN. The van der Waals surface area contributed by atoms with Crippen LogP contribution in [0.15, 0.2) is 12.1 Å². The number of hydrogen-bond donors (Lipinski definition) is 1. The Morgan fingerprint density at radius 1 is 1.29 bits per heavy atom. The fraction of sp³-hybridized carbons (Fsp3) is 0.500. The summed E-state index contributed by atoms with van der Waals surface area (Å²) in [6.07, 6.45) is 2.68. The van der Waals surface area contributed by atoms with Crippen LogP contribution in [0.4, 0.5) is 0 Å². The Hall–Kier alpha value is -0.530. The average Bonchev–Trinajstić information content (AvgIpc) is 2.94. The molecule has 1 aromatic rings. The molecule has 0 bridgehead atoms. The summed E-state index contributed by atoms with van der Waals surface area (Å²) >= 11 is 6.10. The van der Waals surface area contributed by atoms with Gasteiger partial charge in [-0.25, -0.2) is 0 Å². The van der Waals surface area contributed by atoms with Gasteiger partial charge in [-0.05, 0) is 43.4 Å². The Balaban J connectivity index is 2.08. The summed E-state index contributed by atoms with van der Waals surface area (Å²) < 4.78 is 0. The fourth-order valence-corrected chi connectivity index (χ4v) is 1.80. The van der Waals surface area contributed by atoms with Gasteiger partial charge in [-0.2, -0.15) is 0 Å². The molecule has 14 heavy (non-hydrogen) atoms. The van der Waals surface area contributed by atoms with E-state index in [1.807, 2.05) is 0 Å². The third kappa shape index (κ3) is 2.28. The maximum Gasteiger partial charge on any atom is 0.0464 e. The average molecular weight is 210 g/mol. The molecule has 2 heteroatoms. The lowest BCUT2D eigenvalue weighted by Gasteiger charge is -2.08. The van der Waals surface area contributed by atoms with E-state index in [9.17, 15) is 0 Å². The van der Waals surface area contributed by atoms with Crippen LogP contribution in [-0.4, -0.2) is 6.04 Å². The van der Waals surface area contributed by atoms with Gasteiger partial charge in [0.1, 0.15) is 0 Å². The van der Waals surface area contributed by atoms with Crippen molar-refractivity contribution in [2.75, 3.05) is 0 Å². The second-order valence-corrected chi connectivity index (χ2v) is 4.58. The zero-order valence-electron chi connectivity index (χ0n) is 8.73. The largest absolute Gasteiger partial charge is 0.310 e. The van der Waals surface area contributed by atoms with Gasteiger partial charge in [-0.1, -0.05) is 23.7 Å². The molecule has 76 valence electrons. The minimum Gasteiger partial charge on any atom is -0.310 e. The van der Waals surface area contributed by atoms with Gasteiger partial charge in [0.2, 0.25) is 0 Å². The number of halogens is 1. The zero-order chi connectivity index (χ0) is 10.1. The Morgan fingerprint density at radius 3 is 2.36 bits per heavy atom. The van der Waals surface area contributed by atoms with E-state index in [4.69, 9.17) is 11.6 Å². The van der Waals surface area contributed by atoms with E-state index in [0.29, 0.717) is 0 Å². The van der Waals surface area contributed by atoms with Crippen molar-refractivity contribution in [3.63, 3.8) is 0 Å². The molecule has 0 heterocycles. The van der Waals surface area contributed by atoms with Crippen LogP contribution in [0.3, 0.4) is 0 Å². The van der Waals surface area contributed by atoms with Crippen LogP contribution < -0.4 is 5.32 Å². The summed E-state index contributed by atoms with van der Waals surface area (Å²) in [5, 5.41) is 4.41. The molecule has 0 unspecified atom stereocenters. The van der Waals surface area contributed by atoms with E-state index in [0.717, 1.165) is 17.6 Å². The number of aryl methyl sites for hydroxylation is 2. The van der Waals surface area contributed by atoms with Crippen molar-refractivity contribution in [1.82, 2.24) is 5.32 Å². The SMILES string of the molecule is Cc1cc(CNC2CC2)cc(C)c1Cl. The topological polar surface area (TPSA) is 12.0 Å². The van der Waals surface area contributed by atoms with Gasteiger partial charge < -0.3 is 5.32 Å². The molecular weight excluding hydrogens is 194 g/mol. The molecule has 0 aromatic heterocycles. The Kier molecular flexibility index (Phi) is 2.80. The maximum atomic E-state index is 6.10. The Morgan fingerprint density at radius 2 is 1.86 bits per heavy atom. The van der Waals surface area contributed by atoms with Gasteiger partial charge in [-0.15, -0.1) is 0 Å². The van der Waals surface area contributed by atoms with E-state index in [-0.39, 0.29) is 0 Å².